The normalized spacial score (nSPS) is 25.2. The molecule has 2 aliphatic heterocycles. The molecule has 0 unspecified atom stereocenters. The zero-order valence-electron chi connectivity index (χ0n) is 12.5. The molecule has 2 saturated heterocycles. The summed E-state index contributed by atoms with van der Waals surface area (Å²) < 4.78 is 5.99. The van der Waals surface area contributed by atoms with Gasteiger partial charge in [-0.1, -0.05) is 30.3 Å². The Morgan fingerprint density at radius 1 is 1.14 bits per heavy atom. The molecule has 1 aromatic carbocycles. The number of ether oxygens (including phenoxy) is 1. The minimum atomic E-state index is 0.263. The molecule has 0 saturated carbocycles. The van der Waals surface area contributed by atoms with E-state index in [2.05, 4.69) is 50.1 Å². The third-order valence-electron chi connectivity index (χ3n) is 4.47. The maximum Gasteiger partial charge on any atom is 0.147 e. The summed E-state index contributed by atoms with van der Waals surface area (Å²) in [6, 6.07) is 11.0. The molecule has 4 rings (SSSR count). The highest BCUT2D eigenvalue weighted by molar-refractivity contribution is 5.39. The second-order valence-electron chi connectivity index (χ2n) is 5.91. The van der Waals surface area contributed by atoms with Crippen LogP contribution in [0.25, 0.3) is 0 Å². The zero-order chi connectivity index (χ0) is 14.8. The van der Waals surface area contributed by atoms with Crippen molar-refractivity contribution in [2.45, 2.75) is 18.7 Å². The molecule has 0 aliphatic carbocycles. The Hall–Kier alpha value is -1.98. The highest BCUT2D eigenvalue weighted by Crippen LogP contribution is 2.27. The molecule has 0 N–H and O–H groups in total. The van der Waals surface area contributed by atoms with Crippen LogP contribution in [0.5, 0.6) is 0 Å². The predicted molar refractivity (Wildman–Crippen MR) is 84.6 cm³/mol. The van der Waals surface area contributed by atoms with Crippen molar-refractivity contribution < 1.29 is 4.74 Å². The number of fused-ring (bicyclic) bond motifs is 1. The second kappa shape index (κ2) is 6.02. The topological polar surface area (TPSA) is 41.5 Å². The smallest absolute Gasteiger partial charge is 0.147 e. The summed E-state index contributed by atoms with van der Waals surface area (Å²) in [7, 11) is 0. The third kappa shape index (κ3) is 2.69. The maximum atomic E-state index is 5.99. The van der Waals surface area contributed by atoms with Crippen LogP contribution in [0.2, 0.25) is 0 Å². The molecule has 114 valence electrons. The van der Waals surface area contributed by atoms with Crippen LogP contribution in [0.3, 0.4) is 0 Å². The Bertz CT molecular complexity index is 607. The molecule has 0 bridgehead atoms. The number of benzene rings is 1. The first-order valence-electron chi connectivity index (χ1n) is 7.81. The molecule has 22 heavy (non-hydrogen) atoms. The molecule has 0 radical (unpaired) electrons. The first-order chi connectivity index (χ1) is 10.9. The van der Waals surface area contributed by atoms with Gasteiger partial charge in [-0.2, -0.15) is 0 Å². The second-order valence-corrected chi connectivity index (χ2v) is 5.91. The van der Waals surface area contributed by atoms with Crippen LogP contribution in [0.1, 0.15) is 5.56 Å². The van der Waals surface area contributed by atoms with E-state index in [1.807, 2.05) is 6.20 Å². The molecule has 5 nitrogen and oxygen atoms in total. The van der Waals surface area contributed by atoms with Crippen molar-refractivity contribution in [2.24, 2.45) is 0 Å². The van der Waals surface area contributed by atoms with E-state index in [4.69, 9.17) is 4.74 Å². The quantitative estimate of drug-likeness (QED) is 0.860. The van der Waals surface area contributed by atoms with Gasteiger partial charge in [-0.15, -0.1) is 0 Å². The predicted octanol–water partition coefficient (Wildman–Crippen LogP) is 1.57. The van der Waals surface area contributed by atoms with Gasteiger partial charge in [0.25, 0.3) is 0 Å². The first-order valence-corrected chi connectivity index (χ1v) is 7.81. The lowest BCUT2D eigenvalue weighted by molar-refractivity contribution is 0.0303. The van der Waals surface area contributed by atoms with E-state index in [9.17, 15) is 0 Å². The van der Waals surface area contributed by atoms with E-state index < -0.39 is 0 Å². The van der Waals surface area contributed by atoms with Crippen molar-refractivity contribution in [1.82, 2.24) is 14.9 Å². The van der Waals surface area contributed by atoms with Gasteiger partial charge >= 0.3 is 0 Å². The summed E-state index contributed by atoms with van der Waals surface area (Å²) in [6.07, 6.45) is 5.59. The van der Waals surface area contributed by atoms with Gasteiger partial charge in [-0.3, -0.25) is 9.88 Å². The van der Waals surface area contributed by atoms with Gasteiger partial charge in [0.2, 0.25) is 0 Å². The van der Waals surface area contributed by atoms with Gasteiger partial charge in [0.05, 0.1) is 24.9 Å². The van der Waals surface area contributed by atoms with Crippen LogP contribution in [0.4, 0.5) is 5.82 Å². The monoisotopic (exact) mass is 296 g/mol. The SMILES string of the molecule is c1ccc(CN2C[C@@H]3OCCN(c4cnccn4)[C@@H]3C2)cc1. The number of hydrogen-bond donors (Lipinski definition) is 0. The molecule has 2 aromatic rings. The van der Waals surface area contributed by atoms with E-state index >= 15 is 0 Å². The van der Waals surface area contributed by atoms with Gasteiger partial charge in [0.1, 0.15) is 5.82 Å². The summed E-state index contributed by atoms with van der Waals surface area (Å²) >= 11 is 0. The van der Waals surface area contributed by atoms with Crippen LogP contribution < -0.4 is 4.90 Å². The van der Waals surface area contributed by atoms with Crippen molar-refractivity contribution in [3.05, 3.63) is 54.5 Å². The van der Waals surface area contributed by atoms with E-state index in [1.165, 1.54) is 5.56 Å². The van der Waals surface area contributed by atoms with Crippen LogP contribution in [-0.2, 0) is 11.3 Å². The standard InChI is InChI=1S/C17H20N4O/c1-2-4-14(5-3-1)11-20-12-15-16(13-20)22-9-8-21(15)17-10-18-6-7-19-17/h1-7,10,15-16H,8-9,11-13H2/t15-,16+/m1/s1. The van der Waals surface area contributed by atoms with Crippen molar-refractivity contribution in [3.8, 4) is 0 Å². The molecule has 5 heteroatoms. The highest BCUT2D eigenvalue weighted by atomic mass is 16.5. The first kappa shape index (κ1) is 13.7. The van der Waals surface area contributed by atoms with E-state index in [0.29, 0.717) is 6.04 Å². The minimum absolute atomic E-state index is 0.263. The molecule has 0 amide bonds. The minimum Gasteiger partial charge on any atom is -0.373 e. The Balaban J connectivity index is 1.49. The largest absolute Gasteiger partial charge is 0.373 e. The number of hydrogen-bond acceptors (Lipinski definition) is 5. The van der Waals surface area contributed by atoms with Gasteiger partial charge in [0.15, 0.2) is 0 Å². The Kier molecular flexibility index (Phi) is 3.74. The van der Waals surface area contributed by atoms with Gasteiger partial charge < -0.3 is 9.64 Å². The number of nitrogens with zero attached hydrogens (tertiary/aromatic N) is 4. The zero-order valence-corrected chi connectivity index (χ0v) is 12.5. The Labute approximate surface area is 130 Å². The molecule has 2 aliphatic rings. The van der Waals surface area contributed by atoms with Crippen LogP contribution in [0.15, 0.2) is 48.9 Å². The maximum absolute atomic E-state index is 5.99. The lowest BCUT2D eigenvalue weighted by atomic mass is 10.1. The third-order valence-corrected chi connectivity index (χ3v) is 4.47. The average molecular weight is 296 g/mol. The van der Waals surface area contributed by atoms with Crippen molar-refractivity contribution in [2.75, 3.05) is 31.1 Å². The summed E-state index contributed by atoms with van der Waals surface area (Å²) in [5, 5.41) is 0. The fourth-order valence-electron chi connectivity index (χ4n) is 3.46. The average Bonchev–Trinajstić information content (AvgIpc) is 2.99. The summed E-state index contributed by atoms with van der Waals surface area (Å²) in [6.45, 7) is 4.62. The molecule has 3 heterocycles. The highest BCUT2D eigenvalue weighted by Gasteiger charge is 2.40. The molecule has 0 spiro atoms. The van der Waals surface area contributed by atoms with Crippen LogP contribution in [0, 0.1) is 0 Å². The lowest BCUT2D eigenvalue weighted by Crippen LogP contribution is -2.51. The summed E-state index contributed by atoms with van der Waals surface area (Å²) in [5.41, 5.74) is 1.35. The van der Waals surface area contributed by atoms with E-state index in [1.54, 1.807) is 12.4 Å². The van der Waals surface area contributed by atoms with Crippen LogP contribution in [-0.4, -0.2) is 53.3 Å². The number of rotatable bonds is 3. The fraction of sp³-hybridized carbons (Fsp3) is 0.412. The van der Waals surface area contributed by atoms with Crippen molar-refractivity contribution in [3.63, 3.8) is 0 Å². The summed E-state index contributed by atoms with van der Waals surface area (Å²) in [4.78, 5) is 13.5. The molecule has 2 atom stereocenters. The summed E-state index contributed by atoms with van der Waals surface area (Å²) in [5.74, 6) is 0.961. The Morgan fingerprint density at radius 3 is 2.86 bits per heavy atom. The molecule has 2 fully saturated rings. The van der Waals surface area contributed by atoms with Crippen molar-refractivity contribution in [1.29, 1.82) is 0 Å². The van der Waals surface area contributed by atoms with Crippen LogP contribution >= 0.6 is 0 Å². The van der Waals surface area contributed by atoms with Gasteiger partial charge in [-0.05, 0) is 5.56 Å². The number of morpholine rings is 1. The van der Waals surface area contributed by atoms with E-state index in [-0.39, 0.29) is 6.10 Å². The van der Waals surface area contributed by atoms with Gasteiger partial charge in [0, 0.05) is 38.6 Å². The van der Waals surface area contributed by atoms with Crippen molar-refractivity contribution >= 4 is 5.82 Å². The Morgan fingerprint density at radius 2 is 2.05 bits per heavy atom. The number of anilines is 1. The number of aromatic nitrogens is 2. The molecular weight excluding hydrogens is 276 g/mol. The van der Waals surface area contributed by atoms with E-state index in [0.717, 1.165) is 38.6 Å². The molecule has 1 aromatic heterocycles. The molecular formula is C17H20N4O. The van der Waals surface area contributed by atoms with Gasteiger partial charge in [-0.25, -0.2) is 4.98 Å². The fourth-order valence-corrected chi connectivity index (χ4v) is 3.46. The number of likely N-dealkylation sites (tertiary alicyclic amines) is 1. The lowest BCUT2D eigenvalue weighted by Gasteiger charge is -2.37.